The average molecular weight is 288 g/mol. The minimum absolute atomic E-state index is 0.270. The van der Waals surface area contributed by atoms with E-state index in [1.54, 1.807) is 24.4 Å². The van der Waals surface area contributed by atoms with E-state index in [4.69, 9.17) is 0 Å². The zero-order valence-electron chi connectivity index (χ0n) is 12.5. The Morgan fingerprint density at radius 1 is 1.14 bits per heavy atom. The number of aromatic nitrogens is 2. The van der Waals surface area contributed by atoms with E-state index in [2.05, 4.69) is 34.0 Å². The van der Waals surface area contributed by atoms with E-state index in [0.717, 1.165) is 25.9 Å². The molecule has 0 bridgehead atoms. The van der Waals surface area contributed by atoms with Gasteiger partial charge in [-0.25, -0.2) is 9.37 Å². The zero-order valence-corrected chi connectivity index (χ0v) is 12.5. The van der Waals surface area contributed by atoms with Gasteiger partial charge in [-0.05, 0) is 37.1 Å². The normalized spacial score (nSPS) is 10.4. The van der Waals surface area contributed by atoms with E-state index in [9.17, 15) is 4.39 Å². The maximum atomic E-state index is 13.2. The van der Waals surface area contributed by atoms with E-state index in [0.29, 0.717) is 17.5 Å². The summed E-state index contributed by atoms with van der Waals surface area (Å²) in [4.78, 5) is 11.0. The maximum Gasteiger partial charge on any atom is 0.227 e. The molecule has 2 aromatic rings. The van der Waals surface area contributed by atoms with Crippen LogP contribution in [0.1, 0.15) is 26.7 Å². The van der Waals surface area contributed by atoms with Crippen molar-refractivity contribution in [3.8, 4) is 0 Å². The highest BCUT2D eigenvalue weighted by atomic mass is 19.1. The van der Waals surface area contributed by atoms with E-state index in [-0.39, 0.29) is 5.82 Å². The number of hydrogen-bond acceptors (Lipinski definition) is 4. The second kappa shape index (κ2) is 7.57. The molecule has 0 spiro atoms. The summed E-state index contributed by atoms with van der Waals surface area (Å²) in [7, 11) is 0. The van der Waals surface area contributed by atoms with Gasteiger partial charge in [-0.2, -0.15) is 4.98 Å². The molecule has 5 heteroatoms. The number of nitrogens with zero attached hydrogens (tertiary/aromatic N) is 3. The van der Waals surface area contributed by atoms with Crippen molar-refractivity contribution in [2.75, 3.05) is 23.3 Å². The predicted molar refractivity (Wildman–Crippen MR) is 84.5 cm³/mol. The molecule has 0 aliphatic rings. The summed E-state index contributed by atoms with van der Waals surface area (Å²) in [5, 5.41) is 3.11. The molecule has 0 fully saturated rings. The van der Waals surface area contributed by atoms with Crippen molar-refractivity contribution in [3.63, 3.8) is 0 Å². The monoisotopic (exact) mass is 288 g/mol. The van der Waals surface area contributed by atoms with Crippen molar-refractivity contribution in [2.24, 2.45) is 0 Å². The first-order valence-electron chi connectivity index (χ1n) is 7.33. The third-order valence-corrected chi connectivity index (χ3v) is 3.01. The number of rotatable bonds is 7. The van der Waals surface area contributed by atoms with Crippen molar-refractivity contribution in [2.45, 2.75) is 26.7 Å². The molecule has 21 heavy (non-hydrogen) atoms. The minimum Gasteiger partial charge on any atom is -0.341 e. The van der Waals surface area contributed by atoms with Crippen LogP contribution in [0.3, 0.4) is 0 Å². The Morgan fingerprint density at radius 3 is 2.57 bits per heavy atom. The number of hydrogen-bond donors (Lipinski definition) is 1. The molecule has 1 aromatic carbocycles. The van der Waals surface area contributed by atoms with Crippen LogP contribution in [0.5, 0.6) is 0 Å². The summed E-state index contributed by atoms with van der Waals surface area (Å²) in [5.41, 5.74) is 0.678. The van der Waals surface area contributed by atoms with Gasteiger partial charge in [0.2, 0.25) is 5.95 Å². The van der Waals surface area contributed by atoms with Crippen LogP contribution in [0, 0.1) is 5.82 Å². The lowest BCUT2D eigenvalue weighted by Crippen LogP contribution is -2.26. The minimum atomic E-state index is -0.270. The highest BCUT2D eigenvalue weighted by Gasteiger charge is 2.08. The SMILES string of the molecule is CCCN(CCC)c1nccc(Nc2cccc(F)c2)n1. The second-order valence-electron chi connectivity index (χ2n) is 4.86. The van der Waals surface area contributed by atoms with Crippen molar-refractivity contribution >= 4 is 17.5 Å². The Hall–Kier alpha value is -2.17. The molecule has 0 radical (unpaired) electrons. The first-order valence-corrected chi connectivity index (χ1v) is 7.33. The van der Waals surface area contributed by atoms with Crippen molar-refractivity contribution in [1.82, 2.24) is 9.97 Å². The number of benzene rings is 1. The quantitative estimate of drug-likeness (QED) is 0.836. The molecule has 0 atom stereocenters. The van der Waals surface area contributed by atoms with Gasteiger partial charge in [-0.15, -0.1) is 0 Å². The van der Waals surface area contributed by atoms with E-state index < -0.39 is 0 Å². The summed E-state index contributed by atoms with van der Waals surface area (Å²) in [5.74, 6) is 1.11. The average Bonchev–Trinajstić information content (AvgIpc) is 2.47. The summed E-state index contributed by atoms with van der Waals surface area (Å²) in [6, 6.07) is 8.11. The molecule has 112 valence electrons. The van der Waals surface area contributed by atoms with Gasteiger partial charge in [0.25, 0.3) is 0 Å². The van der Waals surface area contributed by atoms with Crippen molar-refractivity contribution in [1.29, 1.82) is 0 Å². The first-order chi connectivity index (χ1) is 10.2. The van der Waals surface area contributed by atoms with Gasteiger partial charge < -0.3 is 10.2 Å². The van der Waals surface area contributed by atoms with Gasteiger partial charge in [0, 0.05) is 25.0 Å². The Bertz CT molecular complexity index is 568. The van der Waals surface area contributed by atoms with Crippen LogP contribution in [-0.4, -0.2) is 23.1 Å². The Kier molecular flexibility index (Phi) is 5.49. The van der Waals surface area contributed by atoms with E-state index in [1.165, 1.54) is 12.1 Å². The zero-order chi connectivity index (χ0) is 15.1. The fourth-order valence-corrected chi connectivity index (χ4v) is 2.14. The molecule has 0 unspecified atom stereocenters. The molecule has 0 aliphatic heterocycles. The van der Waals surface area contributed by atoms with Crippen LogP contribution < -0.4 is 10.2 Å². The fourth-order valence-electron chi connectivity index (χ4n) is 2.14. The van der Waals surface area contributed by atoms with Crippen LogP contribution in [0.15, 0.2) is 36.5 Å². The van der Waals surface area contributed by atoms with Crippen molar-refractivity contribution < 1.29 is 4.39 Å². The van der Waals surface area contributed by atoms with Gasteiger partial charge >= 0.3 is 0 Å². The van der Waals surface area contributed by atoms with Crippen LogP contribution in [0.2, 0.25) is 0 Å². The predicted octanol–water partition coefficient (Wildman–Crippen LogP) is 3.99. The molecular formula is C16H21FN4. The summed E-state index contributed by atoms with van der Waals surface area (Å²) in [6.45, 7) is 6.13. The molecule has 0 saturated heterocycles. The lowest BCUT2D eigenvalue weighted by Gasteiger charge is -2.21. The second-order valence-corrected chi connectivity index (χ2v) is 4.86. The summed E-state index contributed by atoms with van der Waals surface area (Å²) < 4.78 is 13.2. The van der Waals surface area contributed by atoms with Crippen LogP contribution in [-0.2, 0) is 0 Å². The molecule has 1 heterocycles. The molecule has 0 amide bonds. The molecule has 0 saturated carbocycles. The van der Waals surface area contributed by atoms with Gasteiger partial charge in [0.1, 0.15) is 11.6 Å². The third-order valence-electron chi connectivity index (χ3n) is 3.01. The van der Waals surface area contributed by atoms with Gasteiger partial charge in [-0.1, -0.05) is 19.9 Å². The highest BCUT2D eigenvalue weighted by molar-refractivity contribution is 5.56. The van der Waals surface area contributed by atoms with Gasteiger partial charge in [0.05, 0.1) is 0 Å². The van der Waals surface area contributed by atoms with Crippen LogP contribution in [0.4, 0.5) is 21.8 Å². The van der Waals surface area contributed by atoms with Gasteiger partial charge in [0.15, 0.2) is 0 Å². The molecular weight excluding hydrogens is 267 g/mol. The molecule has 2 rings (SSSR count). The summed E-state index contributed by atoms with van der Waals surface area (Å²) >= 11 is 0. The van der Waals surface area contributed by atoms with Crippen LogP contribution in [0.25, 0.3) is 0 Å². The number of anilines is 3. The molecule has 0 aliphatic carbocycles. The van der Waals surface area contributed by atoms with Crippen LogP contribution >= 0.6 is 0 Å². The lowest BCUT2D eigenvalue weighted by molar-refractivity contribution is 0.628. The Balaban J connectivity index is 2.16. The fraction of sp³-hybridized carbons (Fsp3) is 0.375. The molecule has 4 nitrogen and oxygen atoms in total. The van der Waals surface area contributed by atoms with Gasteiger partial charge in [-0.3, -0.25) is 0 Å². The third kappa shape index (κ3) is 4.41. The molecule has 1 aromatic heterocycles. The first kappa shape index (κ1) is 15.2. The Labute approximate surface area is 125 Å². The standard InChI is InChI=1S/C16H21FN4/c1-3-10-21(11-4-2)16-18-9-8-15(20-16)19-14-7-5-6-13(17)12-14/h5-9,12H,3-4,10-11H2,1-2H3,(H,18,19,20). The Morgan fingerprint density at radius 2 is 1.90 bits per heavy atom. The van der Waals surface area contributed by atoms with Crippen molar-refractivity contribution in [3.05, 3.63) is 42.3 Å². The number of halogens is 1. The van der Waals surface area contributed by atoms with E-state index in [1.807, 2.05) is 0 Å². The van der Waals surface area contributed by atoms with E-state index >= 15 is 0 Å². The maximum absolute atomic E-state index is 13.2. The highest BCUT2D eigenvalue weighted by Crippen LogP contribution is 2.17. The smallest absolute Gasteiger partial charge is 0.227 e. The lowest BCUT2D eigenvalue weighted by atomic mass is 10.3. The molecule has 1 N–H and O–H groups in total. The number of nitrogens with one attached hydrogen (secondary N) is 1. The topological polar surface area (TPSA) is 41.1 Å². The largest absolute Gasteiger partial charge is 0.341 e. The summed E-state index contributed by atoms with van der Waals surface area (Å²) in [6.07, 6.45) is 3.82.